The summed E-state index contributed by atoms with van der Waals surface area (Å²) in [6.07, 6.45) is 2.33. The molecule has 1 aliphatic heterocycles. The third kappa shape index (κ3) is 4.74. The van der Waals surface area contributed by atoms with Gasteiger partial charge in [0.05, 0.1) is 24.2 Å². The Hall–Kier alpha value is -2.69. The Balaban J connectivity index is 1.37. The number of aliphatic hydroxyl groups excluding tert-OH is 2. The summed E-state index contributed by atoms with van der Waals surface area (Å²) >= 11 is 7.87. The third-order valence-corrected chi connectivity index (χ3v) is 7.78. The molecular weight excluding hydrogens is 490 g/mol. The maximum Gasteiger partial charge on any atom is 0.236 e. The molecule has 2 heterocycles. The summed E-state index contributed by atoms with van der Waals surface area (Å²) < 4.78 is 10.9. The van der Waals surface area contributed by atoms with Gasteiger partial charge < -0.3 is 25.0 Å². The Labute approximate surface area is 212 Å². The van der Waals surface area contributed by atoms with Crippen LogP contribution < -0.4 is 14.8 Å². The molecule has 2 unspecified atom stereocenters. The Morgan fingerprint density at radius 1 is 1.26 bits per heavy atom. The molecule has 2 atom stereocenters. The Kier molecular flexibility index (Phi) is 6.69. The van der Waals surface area contributed by atoms with Crippen molar-refractivity contribution in [2.24, 2.45) is 0 Å². The average molecular weight is 516 g/mol. The fourth-order valence-corrected chi connectivity index (χ4v) is 5.69. The number of hydrogen-bond donors (Lipinski definition) is 3. The summed E-state index contributed by atoms with van der Waals surface area (Å²) in [6.45, 7) is 0.0843. The number of anilines is 1. The molecule has 0 spiro atoms. The molecule has 35 heavy (non-hydrogen) atoms. The number of hydrogen-bond acceptors (Lipinski definition) is 8. The van der Waals surface area contributed by atoms with Gasteiger partial charge in [0.2, 0.25) is 12.7 Å². The molecule has 3 aromatic rings. The molecule has 0 radical (unpaired) electrons. The highest BCUT2D eigenvalue weighted by molar-refractivity contribution is 7.15. The molecule has 1 fully saturated rings. The number of rotatable bonds is 9. The van der Waals surface area contributed by atoms with Crippen LogP contribution in [0, 0.1) is 0 Å². The minimum Gasteiger partial charge on any atom is -0.454 e. The van der Waals surface area contributed by atoms with Gasteiger partial charge in [0.25, 0.3) is 0 Å². The highest BCUT2D eigenvalue weighted by atomic mass is 35.5. The number of likely N-dealkylation sites (N-methyl/N-ethyl adjacent to an activating group) is 1. The summed E-state index contributed by atoms with van der Waals surface area (Å²) in [6, 6.07) is 12.8. The van der Waals surface area contributed by atoms with Crippen LogP contribution in [0.2, 0.25) is 5.02 Å². The number of halogens is 1. The summed E-state index contributed by atoms with van der Waals surface area (Å²) in [5.41, 5.74) is 1.15. The molecule has 0 bridgehead atoms. The van der Waals surface area contributed by atoms with Crippen molar-refractivity contribution in [2.75, 3.05) is 32.3 Å². The summed E-state index contributed by atoms with van der Waals surface area (Å²) in [5, 5.41) is 23.4. The molecule has 1 saturated carbocycles. The lowest BCUT2D eigenvalue weighted by Gasteiger charge is -2.29. The average Bonchev–Trinajstić information content (AvgIpc) is 3.32. The van der Waals surface area contributed by atoms with Crippen molar-refractivity contribution in [1.82, 2.24) is 9.88 Å². The van der Waals surface area contributed by atoms with Gasteiger partial charge in [-0.25, -0.2) is 4.98 Å². The zero-order chi connectivity index (χ0) is 24.6. The first-order valence-corrected chi connectivity index (χ1v) is 12.5. The van der Waals surface area contributed by atoms with E-state index in [0.717, 1.165) is 28.8 Å². The van der Waals surface area contributed by atoms with Crippen LogP contribution in [0.15, 0.2) is 48.7 Å². The van der Waals surface area contributed by atoms with Crippen molar-refractivity contribution in [3.05, 3.63) is 69.7 Å². The number of ether oxygens (including phenoxy) is 2. The topological polar surface area (TPSA) is 104 Å². The van der Waals surface area contributed by atoms with E-state index in [1.165, 1.54) is 11.3 Å². The molecule has 2 aliphatic rings. The molecule has 1 aliphatic carbocycles. The monoisotopic (exact) mass is 515 g/mol. The van der Waals surface area contributed by atoms with Crippen LogP contribution in [0.5, 0.6) is 11.5 Å². The van der Waals surface area contributed by atoms with Gasteiger partial charge in [-0.15, -0.1) is 0 Å². The van der Waals surface area contributed by atoms with E-state index in [0.29, 0.717) is 21.7 Å². The number of nitrogens with zero attached hydrogens (tertiary/aromatic N) is 2. The van der Waals surface area contributed by atoms with Crippen LogP contribution in [0.3, 0.4) is 0 Å². The van der Waals surface area contributed by atoms with E-state index in [1.807, 2.05) is 54.4 Å². The molecular formula is C25H26ClN3O5S. The lowest BCUT2D eigenvalue weighted by Crippen LogP contribution is -2.34. The van der Waals surface area contributed by atoms with Crippen molar-refractivity contribution in [3.63, 3.8) is 0 Å². The van der Waals surface area contributed by atoms with Crippen molar-refractivity contribution in [3.8, 4) is 11.5 Å². The lowest BCUT2D eigenvalue weighted by molar-refractivity contribution is -0.118. The molecule has 8 nitrogen and oxygen atoms in total. The number of aliphatic hydroxyl groups is 2. The van der Waals surface area contributed by atoms with Crippen LogP contribution in [0.4, 0.5) is 5.13 Å². The van der Waals surface area contributed by atoms with Crippen molar-refractivity contribution in [1.29, 1.82) is 0 Å². The molecule has 2 aromatic carbocycles. The highest BCUT2D eigenvalue weighted by Gasteiger charge is 2.52. The number of nitrogens with one attached hydrogen (secondary N) is 1. The van der Waals surface area contributed by atoms with E-state index in [2.05, 4.69) is 10.3 Å². The minimum atomic E-state index is -0.895. The molecule has 3 N–H and O–H groups in total. The van der Waals surface area contributed by atoms with Gasteiger partial charge in [-0.3, -0.25) is 9.69 Å². The van der Waals surface area contributed by atoms with Crippen molar-refractivity contribution in [2.45, 2.75) is 30.4 Å². The number of carbonyl (C=O) groups is 1. The molecule has 10 heteroatoms. The van der Waals surface area contributed by atoms with E-state index in [9.17, 15) is 15.0 Å². The van der Waals surface area contributed by atoms with Crippen LogP contribution in [-0.4, -0.2) is 59.1 Å². The molecule has 1 amide bonds. The van der Waals surface area contributed by atoms with Gasteiger partial charge in [0.1, 0.15) is 0 Å². The van der Waals surface area contributed by atoms with Gasteiger partial charge in [-0.1, -0.05) is 47.2 Å². The van der Waals surface area contributed by atoms with Crippen LogP contribution >= 0.6 is 22.9 Å². The molecule has 1 aromatic heterocycles. The van der Waals surface area contributed by atoms with Gasteiger partial charge >= 0.3 is 0 Å². The first kappa shape index (κ1) is 24.0. The number of benzene rings is 2. The van der Waals surface area contributed by atoms with Gasteiger partial charge in [0.15, 0.2) is 16.6 Å². The van der Waals surface area contributed by atoms with Crippen LogP contribution in [-0.2, 0) is 10.2 Å². The van der Waals surface area contributed by atoms with E-state index >= 15 is 0 Å². The van der Waals surface area contributed by atoms with E-state index in [-0.39, 0.29) is 31.9 Å². The number of carbonyl (C=O) groups excluding carboxylic acids is 1. The third-order valence-electron chi connectivity index (χ3n) is 6.47. The maximum absolute atomic E-state index is 13.3. The van der Waals surface area contributed by atoms with Crippen molar-refractivity contribution >= 4 is 34.0 Å². The Morgan fingerprint density at radius 2 is 2.03 bits per heavy atom. The molecule has 0 saturated heterocycles. The quantitative estimate of drug-likeness (QED) is 0.400. The number of fused-ring (bicyclic) bond motifs is 1. The molecule has 184 valence electrons. The van der Waals surface area contributed by atoms with Crippen molar-refractivity contribution < 1.29 is 24.5 Å². The van der Waals surface area contributed by atoms with E-state index < -0.39 is 11.5 Å². The molecule has 5 rings (SSSR count). The SMILES string of the molecule is CN(CC(O)CO)C(c1cnc(NC(=O)C2(c3ccc4c(c3)OCO4)CC2)s1)c1ccccc1Cl. The highest BCUT2D eigenvalue weighted by Crippen LogP contribution is 2.51. The fourth-order valence-electron chi connectivity index (χ4n) is 4.45. The maximum atomic E-state index is 13.3. The number of amides is 1. The summed E-state index contributed by atoms with van der Waals surface area (Å²) in [7, 11) is 1.85. The van der Waals surface area contributed by atoms with Crippen LogP contribution in [0.1, 0.15) is 34.9 Å². The zero-order valence-electron chi connectivity index (χ0n) is 19.1. The Morgan fingerprint density at radius 3 is 2.77 bits per heavy atom. The number of thiazole rings is 1. The first-order valence-electron chi connectivity index (χ1n) is 11.3. The minimum absolute atomic E-state index is 0.101. The smallest absolute Gasteiger partial charge is 0.236 e. The van der Waals surface area contributed by atoms with Gasteiger partial charge in [-0.2, -0.15) is 0 Å². The van der Waals surface area contributed by atoms with Crippen LogP contribution in [0.25, 0.3) is 0 Å². The van der Waals surface area contributed by atoms with E-state index in [4.69, 9.17) is 21.1 Å². The largest absolute Gasteiger partial charge is 0.454 e. The predicted molar refractivity (Wildman–Crippen MR) is 133 cm³/mol. The zero-order valence-corrected chi connectivity index (χ0v) is 20.7. The lowest BCUT2D eigenvalue weighted by atomic mass is 9.94. The summed E-state index contributed by atoms with van der Waals surface area (Å²) in [5.74, 6) is 1.25. The normalized spacial score (nSPS) is 17.3. The second kappa shape index (κ2) is 9.75. The Bertz CT molecular complexity index is 1230. The van der Waals surface area contributed by atoms with Gasteiger partial charge in [-0.05, 0) is 49.2 Å². The first-order chi connectivity index (χ1) is 16.9. The number of aromatic nitrogens is 1. The van der Waals surface area contributed by atoms with E-state index in [1.54, 1.807) is 6.20 Å². The fraction of sp³-hybridized carbons (Fsp3) is 0.360. The standard InChI is InChI=1S/C25H26ClN3O5S/c1-29(12-16(31)13-30)22(17-4-2-3-5-18(17)26)21-11-27-24(35-21)28-23(32)25(8-9-25)15-6-7-19-20(10-15)34-14-33-19/h2-7,10-11,16,22,30-31H,8-9,12-14H2,1H3,(H,27,28,32). The second-order valence-corrected chi connectivity index (χ2v) is 10.3. The predicted octanol–water partition coefficient (Wildman–Crippen LogP) is 3.57. The van der Waals surface area contributed by atoms with Gasteiger partial charge in [0, 0.05) is 22.6 Å². The summed E-state index contributed by atoms with van der Waals surface area (Å²) in [4.78, 5) is 20.5. The second-order valence-electron chi connectivity index (χ2n) is 8.87.